The number of anilines is 1. The van der Waals surface area contributed by atoms with E-state index in [1.165, 1.54) is 6.21 Å². The number of halogens is 1. The second-order valence-corrected chi connectivity index (χ2v) is 7.62. The fraction of sp³-hybridized carbons (Fsp3) is 0.0435. The maximum atomic E-state index is 12.2. The highest BCUT2D eigenvalue weighted by Crippen LogP contribution is 2.17. The van der Waals surface area contributed by atoms with E-state index in [0.29, 0.717) is 22.6 Å². The van der Waals surface area contributed by atoms with E-state index >= 15 is 0 Å². The van der Waals surface area contributed by atoms with Crippen molar-refractivity contribution in [1.82, 2.24) is 5.43 Å². The third-order valence-corrected chi connectivity index (χ3v) is 5.02. The third-order valence-electron chi connectivity index (χ3n) is 4.08. The Labute approximate surface area is 192 Å². The first-order chi connectivity index (χ1) is 14.9. The van der Waals surface area contributed by atoms with Gasteiger partial charge in [-0.25, -0.2) is 10.2 Å². The first-order valence-corrected chi connectivity index (χ1v) is 10.3. The molecule has 0 spiro atoms. The van der Waals surface area contributed by atoms with Gasteiger partial charge in [-0.05, 0) is 83.6 Å². The smallest absolute Gasteiger partial charge is 0.344 e. The highest BCUT2D eigenvalue weighted by atomic mass is 127. The Balaban J connectivity index is 1.51. The second-order valence-electron chi connectivity index (χ2n) is 6.46. The number of hydrogen-bond acceptors (Lipinski definition) is 5. The summed E-state index contributed by atoms with van der Waals surface area (Å²) in [4.78, 5) is 36.0. The minimum absolute atomic E-state index is 0.378. The number of aryl methyl sites for hydroxylation is 1. The summed E-state index contributed by atoms with van der Waals surface area (Å²) in [6.07, 6.45) is 1.38. The van der Waals surface area contributed by atoms with E-state index in [-0.39, 0.29) is 0 Å². The molecule has 8 heteroatoms. The summed E-state index contributed by atoms with van der Waals surface area (Å²) < 4.78 is 6.17. The van der Waals surface area contributed by atoms with Crippen LogP contribution >= 0.6 is 22.6 Å². The monoisotopic (exact) mass is 527 g/mol. The van der Waals surface area contributed by atoms with E-state index in [1.807, 2.05) is 31.2 Å². The molecule has 0 aliphatic heterocycles. The van der Waals surface area contributed by atoms with Crippen molar-refractivity contribution in [2.75, 3.05) is 5.32 Å². The molecule has 0 aromatic heterocycles. The Hall–Kier alpha value is -3.53. The van der Waals surface area contributed by atoms with Gasteiger partial charge in [0.05, 0.1) is 11.8 Å². The Morgan fingerprint density at radius 1 is 0.903 bits per heavy atom. The van der Waals surface area contributed by atoms with Crippen LogP contribution in [0.5, 0.6) is 5.75 Å². The van der Waals surface area contributed by atoms with E-state index in [2.05, 4.69) is 38.4 Å². The molecule has 0 fully saturated rings. The van der Waals surface area contributed by atoms with Gasteiger partial charge in [0.1, 0.15) is 5.75 Å². The van der Waals surface area contributed by atoms with Crippen LogP contribution in [0.2, 0.25) is 0 Å². The standard InChI is InChI=1S/C23H18IN3O4/c1-15-6-10-17(11-7-15)26-21(28)22(29)27-25-14-16-8-12-18(13-9-16)31-23(30)19-4-2-3-5-20(19)24/h2-14H,1H3,(H,26,28)(H,27,29)/b25-14+. The van der Waals surface area contributed by atoms with Gasteiger partial charge in [0.2, 0.25) is 0 Å². The molecule has 31 heavy (non-hydrogen) atoms. The Bertz CT molecular complexity index is 1130. The molecule has 2 N–H and O–H groups in total. The summed E-state index contributed by atoms with van der Waals surface area (Å²) in [6.45, 7) is 1.92. The van der Waals surface area contributed by atoms with Crippen molar-refractivity contribution in [3.8, 4) is 5.75 Å². The summed E-state index contributed by atoms with van der Waals surface area (Å²) in [5.41, 5.74) is 4.87. The maximum Gasteiger partial charge on any atom is 0.344 e. The number of carbonyl (C=O) groups excluding carboxylic acids is 3. The summed E-state index contributed by atoms with van der Waals surface area (Å²) >= 11 is 2.07. The predicted molar refractivity (Wildman–Crippen MR) is 126 cm³/mol. The van der Waals surface area contributed by atoms with Crippen LogP contribution in [-0.2, 0) is 9.59 Å². The van der Waals surface area contributed by atoms with E-state index < -0.39 is 17.8 Å². The number of nitrogens with zero attached hydrogens (tertiary/aromatic N) is 1. The number of hydrazone groups is 1. The fourth-order valence-corrected chi connectivity index (χ4v) is 3.06. The van der Waals surface area contributed by atoms with Crippen LogP contribution in [0.4, 0.5) is 5.69 Å². The molecular weight excluding hydrogens is 509 g/mol. The number of benzene rings is 3. The van der Waals surface area contributed by atoms with Crippen LogP contribution in [0.3, 0.4) is 0 Å². The van der Waals surface area contributed by atoms with Crippen molar-refractivity contribution in [3.63, 3.8) is 0 Å². The molecule has 0 aliphatic carbocycles. The predicted octanol–water partition coefficient (Wildman–Crippen LogP) is 3.91. The van der Waals surface area contributed by atoms with Crippen molar-refractivity contribution >= 4 is 52.3 Å². The van der Waals surface area contributed by atoms with Crippen LogP contribution in [-0.4, -0.2) is 24.0 Å². The van der Waals surface area contributed by atoms with Crippen molar-refractivity contribution in [1.29, 1.82) is 0 Å². The lowest BCUT2D eigenvalue weighted by Gasteiger charge is -2.06. The van der Waals surface area contributed by atoms with Crippen molar-refractivity contribution < 1.29 is 19.1 Å². The van der Waals surface area contributed by atoms with E-state index in [1.54, 1.807) is 48.5 Å². The largest absolute Gasteiger partial charge is 0.423 e. The average Bonchev–Trinajstić information content (AvgIpc) is 2.76. The van der Waals surface area contributed by atoms with Gasteiger partial charge in [0.15, 0.2) is 0 Å². The summed E-state index contributed by atoms with van der Waals surface area (Å²) in [7, 11) is 0. The normalized spacial score (nSPS) is 10.5. The summed E-state index contributed by atoms with van der Waals surface area (Å²) in [6, 6.07) is 20.8. The number of hydrogen-bond donors (Lipinski definition) is 2. The lowest BCUT2D eigenvalue weighted by Crippen LogP contribution is -2.32. The molecule has 0 heterocycles. The molecule has 3 rings (SSSR count). The first kappa shape index (κ1) is 22.2. The van der Waals surface area contributed by atoms with Crippen LogP contribution in [0.25, 0.3) is 0 Å². The van der Waals surface area contributed by atoms with Crippen LogP contribution in [0, 0.1) is 10.5 Å². The molecule has 7 nitrogen and oxygen atoms in total. The molecule has 0 bridgehead atoms. The molecule has 0 saturated carbocycles. The van der Waals surface area contributed by atoms with Gasteiger partial charge in [0.25, 0.3) is 0 Å². The molecule has 0 unspecified atom stereocenters. The number of amides is 2. The molecule has 3 aromatic carbocycles. The van der Waals surface area contributed by atoms with E-state index in [9.17, 15) is 14.4 Å². The molecule has 0 aliphatic rings. The molecule has 0 radical (unpaired) electrons. The van der Waals surface area contributed by atoms with Gasteiger partial charge in [0, 0.05) is 9.26 Å². The third kappa shape index (κ3) is 6.48. The molecular formula is C23H18IN3O4. The average molecular weight is 527 g/mol. The van der Waals surface area contributed by atoms with Gasteiger partial charge in [-0.15, -0.1) is 0 Å². The highest BCUT2D eigenvalue weighted by molar-refractivity contribution is 14.1. The van der Waals surface area contributed by atoms with Gasteiger partial charge in [-0.1, -0.05) is 29.8 Å². The zero-order valence-electron chi connectivity index (χ0n) is 16.5. The summed E-state index contributed by atoms with van der Waals surface area (Å²) in [5, 5.41) is 6.26. The molecule has 0 atom stereocenters. The van der Waals surface area contributed by atoms with Crippen molar-refractivity contribution in [3.05, 3.63) is 93.1 Å². The van der Waals surface area contributed by atoms with Gasteiger partial charge >= 0.3 is 17.8 Å². The van der Waals surface area contributed by atoms with Crippen molar-refractivity contribution in [2.24, 2.45) is 5.10 Å². The Morgan fingerprint density at radius 3 is 2.26 bits per heavy atom. The second kappa shape index (κ2) is 10.5. The summed E-state index contributed by atoms with van der Waals surface area (Å²) in [5.74, 6) is -1.78. The first-order valence-electron chi connectivity index (χ1n) is 9.20. The van der Waals surface area contributed by atoms with E-state index in [4.69, 9.17) is 4.74 Å². The quantitative estimate of drug-likeness (QED) is 0.131. The van der Waals surface area contributed by atoms with Crippen LogP contribution in [0.1, 0.15) is 21.5 Å². The molecule has 2 amide bonds. The lowest BCUT2D eigenvalue weighted by atomic mass is 10.2. The number of rotatable bonds is 5. The SMILES string of the molecule is Cc1ccc(NC(=O)C(=O)N/N=C/c2ccc(OC(=O)c3ccccc3I)cc2)cc1. The fourth-order valence-electron chi connectivity index (χ4n) is 2.45. The maximum absolute atomic E-state index is 12.2. The topological polar surface area (TPSA) is 96.9 Å². The molecule has 0 saturated heterocycles. The zero-order valence-corrected chi connectivity index (χ0v) is 18.6. The van der Waals surface area contributed by atoms with Crippen LogP contribution in [0.15, 0.2) is 77.9 Å². The minimum atomic E-state index is -0.889. The minimum Gasteiger partial charge on any atom is -0.423 e. The molecule has 156 valence electrons. The van der Waals surface area contributed by atoms with Gasteiger partial charge in [-0.2, -0.15) is 5.10 Å². The zero-order chi connectivity index (χ0) is 22.2. The Kier molecular flexibility index (Phi) is 7.50. The van der Waals surface area contributed by atoms with Gasteiger partial charge < -0.3 is 10.1 Å². The lowest BCUT2D eigenvalue weighted by molar-refractivity contribution is -0.136. The number of nitrogens with one attached hydrogen (secondary N) is 2. The molecule has 3 aromatic rings. The Morgan fingerprint density at radius 2 is 1.58 bits per heavy atom. The number of esters is 1. The number of ether oxygens (including phenoxy) is 1. The highest BCUT2D eigenvalue weighted by Gasteiger charge is 2.13. The van der Waals surface area contributed by atoms with Gasteiger partial charge in [-0.3, -0.25) is 9.59 Å². The van der Waals surface area contributed by atoms with Crippen molar-refractivity contribution in [2.45, 2.75) is 6.92 Å². The number of carbonyl (C=O) groups is 3. The van der Waals surface area contributed by atoms with E-state index in [0.717, 1.165) is 9.13 Å². The van der Waals surface area contributed by atoms with Crippen LogP contribution < -0.4 is 15.5 Å².